The summed E-state index contributed by atoms with van der Waals surface area (Å²) in [5.74, 6) is 1.57. The maximum atomic E-state index is 2.79. The summed E-state index contributed by atoms with van der Waals surface area (Å²) in [5, 5.41) is 8.12. The topological polar surface area (TPSA) is 6.48 Å². The van der Waals surface area contributed by atoms with E-state index >= 15 is 0 Å². The summed E-state index contributed by atoms with van der Waals surface area (Å²) < 4.78 is 0. The van der Waals surface area contributed by atoms with Gasteiger partial charge >= 0.3 is 0 Å². The Morgan fingerprint density at radius 2 is 0.518 bits per heavy atom. The monoisotopic (exact) mass is 1410 g/mol. The van der Waals surface area contributed by atoms with Crippen molar-refractivity contribution < 1.29 is 0 Å². The van der Waals surface area contributed by atoms with Crippen LogP contribution in [0.5, 0.6) is 0 Å². The van der Waals surface area contributed by atoms with Gasteiger partial charge in [0.1, 0.15) is 0 Å². The van der Waals surface area contributed by atoms with Crippen molar-refractivity contribution in [2.45, 2.75) is 119 Å². The van der Waals surface area contributed by atoms with Gasteiger partial charge in [-0.15, -0.1) is 0 Å². The largest absolute Gasteiger partial charge is 0.311 e. The maximum Gasteiger partial charge on any atom is 0.248 e. The van der Waals surface area contributed by atoms with Crippen LogP contribution in [0.1, 0.15) is 152 Å². The predicted octanol–water partition coefficient (Wildman–Crippen LogP) is 25.9. The SMILES string of the molecule is CC(C)c1cc(C(C)C)c(-c2cc3c4c(cc5c(-c6c(C(C)C)cc(C(C)C)cc6C(C)C)cc6c7c(cc2c4c57)B2c4ccc(-c5ccccc5)cc4N(c4ccccc4)c4cc(-c5ccccc5)cc-6c42)B2c4ccc(-c5ccccc5)cc4N(c4ccccc4)c4cc(-c5ccccc5)cc-3c42)c(C(C)C)c1. The number of hydrogen-bond acceptors (Lipinski definition) is 2. The summed E-state index contributed by atoms with van der Waals surface area (Å²) in [6.07, 6.45) is 0. The lowest BCUT2D eigenvalue weighted by Gasteiger charge is -2.43. The second-order valence-corrected chi connectivity index (χ2v) is 33.7. The molecule has 0 atom stereocenters. The minimum absolute atomic E-state index is 0.153. The van der Waals surface area contributed by atoms with Gasteiger partial charge in [0.05, 0.1) is 0 Å². The highest BCUT2D eigenvalue weighted by Crippen LogP contribution is 2.56. The van der Waals surface area contributed by atoms with Gasteiger partial charge in [-0.1, -0.05) is 312 Å². The molecule has 0 saturated heterocycles. The Morgan fingerprint density at radius 3 is 0.827 bits per heavy atom. The smallest absolute Gasteiger partial charge is 0.248 e. The van der Waals surface area contributed by atoms with E-state index < -0.39 is 0 Å². The lowest BCUT2D eigenvalue weighted by Crippen LogP contribution is -2.60. The van der Waals surface area contributed by atoms with Crippen molar-refractivity contribution in [3.8, 4) is 89.0 Å². The van der Waals surface area contributed by atoms with Gasteiger partial charge in [-0.25, -0.2) is 0 Å². The summed E-state index contributed by atoms with van der Waals surface area (Å²) in [5.41, 5.74) is 43.9. The molecule has 4 heterocycles. The molecule has 0 radical (unpaired) electrons. The third kappa shape index (κ3) is 10.4. The van der Waals surface area contributed by atoms with E-state index in [4.69, 9.17) is 0 Å². The molecular weight excluding hydrogens is 1320 g/mol. The van der Waals surface area contributed by atoms with Crippen LogP contribution < -0.4 is 42.6 Å². The van der Waals surface area contributed by atoms with Crippen LogP contribution in [0, 0.1) is 0 Å². The summed E-state index contributed by atoms with van der Waals surface area (Å²) in [6, 6.07) is 114. The number of anilines is 6. The molecule has 4 heteroatoms. The Labute approximate surface area is 650 Å². The minimum atomic E-state index is -0.153. The van der Waals surface area contributed by atoms with E-state index in [2.05, 4.69) is 384 Å². The molecule has 110 heavy (non-hydrogen) atoms. The van der Waals surface area contributed by atoms with Crippen LogP contribution in [0.2, 0.25) is 0 Å². The normalized spacial score (nSPS) is 13.1. The van der Waals surface area contributed by atoms with Crippen LogP contribution in [-0.2, 0) is 0 Å². The average Bonchev–Trinajstić information content (AvgIpc) is 0.661. The predicted molar refractivity (Wildman–Crippen MR) is 477 cm³/mol. The molecule has 0 bridgehead atoms. The van der Waals surface area contributed by atoms with Gasteiger partial charge in [-0.05, 0) is 285 Å². The fourth-order valence-corrected chi connectivity index (χ4v) is 19.9. The zero-order chi connectivity index (χ0) is 74.8. The average molecular weight is 1410 g/mol. The molecule has 0 aromatic heterocycles. The van der Waals surface area contributed by atoms with E-state index in [-0.39, 0.29) is 37.1 Å². The highest BCUT2D eigenvalue weighted by molar-refractivity contribution is 7.02. The molecular formula is C106H90B2N2. The van der Waals surface area contributed by atoms with Crippen molar-refractivity contribution in [1.29, 1.82) is 0 Å². The maximum absolute atomic E-state index is 2.79. The molecule has 20 rings (SSSR count). The van der Waals surface area contributed by atoms with Crippen LogP contribution >= 0.6 is 0 Å². The van der Waals surface area contributed by atoms with E-state index in [1.165, 1.54) is 210 Å². The van der Waals surface area contributed by atoms with E-state index in [0.717, 1.165) is 11.4 Å². The number of hydrogen-bond donors (Lipinski definition) is 0. The van der Waals surface area contributed by atoms with Crippen molar-refractivity contribution in [2.75, 3.05) is 9.80 Å². The van der Waals surface area contributed by atoms with Crippen LogP contribution in [0.25, 0.3) is 121 Å². The molecule has 4 aliphatic heterocycles. The molecule has 0 N–H and O–H groups in total. The van der Waals surface area contributed by atoms with Crippen LogP contribution in [0.3, 0.4) is 0 Å². The summed E-state index contributed by atoms with van der Waals surface area (Å²) in [6.45, 7) is 28.8. The van der Waals surface area contributed by atoms with E-state index in [0.29, 0.717) is 11.8 Å². The number of fused-ring (bicyclic) bond motifs is 8. The minimum Gasteiger partial charge on any atom is -0.311 e. The fraction of sp³-hybridized carbons (Fsp3) is 0.170. The molecule has 0 aliphatic carbocycles. The van der Waals surface area contributed by atoms with Gasteiger partial charge in [-0.2, -0.15) is 0 Å². The number of para-hydroxylation sites is 2. The highest BCUT2D eigenvalue weighted by Gasteiger charge is 2.47. The zero-order valence-electron chi connectivity index (χ0n) is 65.2. The Kier molecular flexibility index (Phi) is 16.0. The van der Waals surface area contributed by atoms with Gasteiger partial charge in [0.15, 0.2) is 0 Å². The molecule has 530 valence electrons. The zero-order valence-corrected chi connectivity index (χ0v) is 65.2. The molecule has 2 nitrogen and oxygen atoms in total. The lowest BCUT2D eigenvalue weighted by molar-refractivity contribution is 0.807. The Balaban J connectivity index is 1.04. The molecule has 0 fully saturated rings. The summed E-state index contributed by atoms with van der Waals surface area (Å²) >= 11 is 0. The van der Waals surface area contributed by atoms with Crippen molar-refractivity contribution >= 4 is 113 Å². The lowest BCUT2D eigenvalue weighted by atomic mass is 9.31. The highest BCUT2D eigenvalue weighted by atomic mass is 15.2. The van der Waals surface area contributed by atoms with E-state index in [9.17, 15) is 0 Å². The second-order valence-electron chi connectivity index (χ2n) is 33.7. The number of nitrogens with zero attached hydrogens (tertiary/aromatic N) is 2. The van der Waals surface area contributed by atoms with Gasteiger partial charge < -0.3 is 9.80 Å². The van der Waals surface area contributed by atoms with Crippen molar-refractivity contribution in [3.05, 3.63) is 325 Å². The number of rotatable bonds is 14. The Hall–Kier alpha value is -11.7. The van der Waals surface area contributed by atoms with Gasteiger partial charge in [-0.3, -0.25) is 0 Å². The molecule has 0 saturated carbocycles. The first-order valence-corrected chi connectivity index (χ1v) is 40.4. The Morgan fingerprint density at radius 1 is 0.218 bits per heavy atom. The quantitative estimate of drug-likeness (QED) is 0.0791. The number of benzene rings is 16. The third-order valence-electron chi connectivity index (χ3n) is 25.2. The summed E-state index contributed by atoms with van der Waals surface area (Å²) in [7, 11) is 0. The van der Waals surface area contributed by atoms with E-state index in [1.54, 1.807) is 0 Å². The standard InChI is InChI=1S/C106H90B2N2/c1-61(2)73-47-79(63(5)6)99(80(48-73)64(7)8)83-57-85-89-51-75(69-35-23-15-24-36-69)55-97-105(89)108(92-46-44-72(68-33-21-14-22-34-68)54-96(92)109(97)77-39-27-17-28-40-77)94-60-88-84(100-81(65(9)10)49-74(62(3)4)50-82(100)66(11)12)58-86-90-52-76(70-37-25-16-26-38-70)56-98-106(90)107(93-59-87(83)103(101(85)94)104(88)102(86)93)91-45-43-71(67-31-19-13-20-32-67)53-95(91)110(98)78-41-29-18-30-42-78/h13-66H,1-12H3. The van der Waals surface area contributed by atoms with Crippen LogP contribution in [-0.4, -0.2) is 13.4 Å². The first-order chi connectivity index (χ1) is 53.6. The third-order valence-corrected chi connectivity index (χ3v) is 25.2. The molecule has 16 aromatic carbocycles. The second kappa shape index (κ2) is 26.0. The molecule has 0 amide bonds. The first-order valence-electron chi connectivity index (χ1n) is 40.4. The molecule has 0 unspecified atom stereocenters. The van der Waals surface area contributed by atoms with Crippen molar-refractivity contribution in [1.82, 2.24) is 0 Å². The molecule has 4 aliphatic rings. The van der Waals surface area contributed by atoms with Gasteiger partial charge in [0, 0.05) is 34.1 Å². The molecule has 0 spiro atoms. The van der Waals surface area contributed by atoms with Crippen molar-refractivity contribution in [3.63, 3.8) is 0 Å². The fourth-order valence-electron chi connectivity index (χ4n) is 19.9. The van der Waals surface area contributed by atoms with E-state index in [1.807, 2.05) is 0 Å². The summed E-state index contributed by atoms with van der Waals surface area (Å²) in [4.78, 5) is 5.25. The van der Waals surface area contributed by atoms with Crippen molar-refractivity contribution in [2.24, 2.45) is 0 Å². The van der Waals surface area contributed by atoms with Crippen LogP contribution in [0.15, 0.2) is 291 Å². The first kappa shape index (κ1) is 67.6. The Bertz CT molecular complexity index is 5940. The van der Waals surface area contributed by atoms with Gasteiger partial charge in [0.2, 0.25) is 13.4 Å². The molecule has 16 aromatic rings. The van der Waals surface area contributed by atoms with Gasteiger partial charge in [0.25, 0.3) is 0 Å². The van der Waals surface area contributed by atoms with Crippen LogP contribution in [0.4, 0.5) is 34.1 Å².